The number of piperidine rings is 1. The van der Waals surface area contributed by atoms with Crippen LogP contribution in [0.25, 0.3) is 0 Å². The van der Waals surface area contributed by atoms with Gasteiger partial charge in [0.25, 0.3) is 11.8 Å². The minimum Gasteiger partial charge on any atom is -0.491 e. The van der Waals surface area contributed by atoms with E-state index in [1.165, 1.54) is 0 Å². The lowest BCUT2D eigenvalue weighted by atomic mass is 9.77. The average Bonchev–Trinajstić information content (AvgIpc) is 3.17. The molecular formula is C25H31N3O3. The zero-order valence-corrected chi connectivity index (χ0v) is 18.3. The molecule has 0 bridgehead atoms. The summed E-state index contributed by atoms with van der Waals surface area (Å²) >= 11 is 0. The van der Waals surface area contributed by atoms with Gasteiger partial charge in [0.1, 0.15) is 12.4 Å². The number of amides is 2. The van der Waals surface area contributed by atoms with Crippen molar-refractivity contribution in [3.8, 4) is 5.75 Å². The molecule has 2 aliphatic heterocycles. The van der Waals surface area contributed by atoms with Gasteiger partial charge < -0.3 is 20.7 Å². The van der Waals surface area contributed by atoms with Crippen LogP contribution in [0.1, 0.15) is 58.0 Å². The van der Waals surface area contributed by atoms with E-state index in [9.17, 15) is 9.59 Å². The van der Waals surface area contributed by atoms with Crippen LogP contribution in [0, 0.1) is 5.92 Å². The molecule has 2 aromatic rings. The summed E-state index contributed by atoms with van der Waals surface area (Å²) in [4.78, 5) is 25.6. The summed E-state index contributed by atoms with van der Waals surface area (Å²) in [7, 11) is 1.59. The number of ether oxygens (including phenoxy) is 1. The van der Waals surface area contributed by atoms with Crippen molar-refractivity contribution in [2.24, 2.45) is 5.92 Å². The molecule has 4 rings (SSSR count). The van der Waals surface area contributed by atoms with Crippen LogP contribution in [0.3, 0.4) is 0 Å². The monoisotopic (exact) mass is 421 g/mol. The molecule has 6 heteroatoms. The van der Waals surface area contributed by atoms with Crippen LogP contribution in [-0.2, 0) is 5.41 Å². The van der Waals surface area contributed by atoms with Gasteiger partial charge in [-0.15, -0.1) is 0 Å². The van der Waals surface area contributed by atoms with E-state index < -0.39 is 5.41 Å². The lowest BCUT2D eigenvalue weighted by Gasteiger charge is -2.24. The Morgan fingerprint density at radius 3 is 2.58 bits per heavy atom. The van der Waals surface area contributed by atoms with E-state index in [1.54, 1.807) is 13.1 Å². The zero-order chi connectivity index (χ0) is 21.8. The Morgan fingerprint density at radius 2 is 1.87 bits per heavy atom. The van der Waals surface area contributed by atoms with Gasteiger partial charge in [0, 0.05) is 24.7 Å². The second-order valence-electron chi connectivity index (χ2n) is 8.70. The maximum Gasteiger partial charge on any atom is 0.254 e. The molecular weight excluding hydrogens is 390 g/mol. The molecule has 2 aliphatic rings. The first kappa shape index (κ1) is 21.4. The SMILES string of the molecule is CNC(=O)c1cc(C(=O)NCCC2CCNCC2)cc2c1OC[C@]2(C)c1ccccc1. The van der Waals surface area contributed by atoms with Gasteiger partial charge in [-0.3, -0.25) is 9.59 Å². The Kier molecular flexibility index (Phi) is 6.28. The molecule has 0 aliphatic carbocycles. The standard InChI is InChI=1S/C25H31N3O3/c1-25(19-6-4-3-5-7-19)16-31-22-20(24(30)26-2)14-18(15-21(22)25)23(29)28-13-10-17-8-11-27-12-9-17/h3-7,14-15,17,27H,8-13,16H2,1-2H3,(H,26,30)(H,28,29)/t25-/m1/s1. The van der Waals surface area contributed by atoms with E-state index in [1.807, 2.05) is 24.3 Å². The predicted molar refractivity (Wildman–Crippen MR) is 121 cm³/mol. The van der Waals surface area contributed by atoms with Gasteiger partial charge >= 0.3 is 0 Å². The van der Waals surface area contributed by atoms with Crippen molar-refractivity contribution in [1.29, 1.82) is 0 Å². The number of hydrogen-bond donors (Lipinski definition) is 3. The summed E-state index contributed by atoms with van der Waals surface area (Å²) in [6, 6.07) is 13.6. The number of benzene rings is 2. The van der Waals surface area contributed by atoms with Crippen molar-refractivity contribution >= 4 is 11.8 Å². The average molecular weight is 422 g/mol. The molecule has 1 atom stereocenters. The molecule has 0 radical (unpaired) electrons. The van der Waals surface area contributed by atoms with E-state index in [4.69, 9.17) is 4.74 Å². The Labute approximate surface area is 183 Å². The van der Waals surface area contributed by atoms with Crippen LogP contribution < -0.4 is 20.7 Å². The highest BCUT2D eigenvalue weighted by Gasteiger charge is 2.40. The molecule has 0 aromatic heterocycles. The molecule has 1 saturated heterocycles. The Bertz CT molecular complexity index is 954. The third kappa shape index (κ3) is 4.30. The van der Waals surface area contributed by atoms with Gasteiger partial charge in [0.15, 0.2) is 0 Å². The number of nitrogens with one attached hydrogen (secondary N) is 3. The molecule has 2 heterocycles. The van der Waals surface area contributed by atoms with Gasteiger partial charge in [-0.2, -0.15) is 0 Å². The smallest absolute Gasteiger partial charge is 0.254 e. The van der Waals surface area contributed by atoms with Crippen LogP contribution in [0.2, 0.25) is 0 Å². The Morgan fingerprint density at radius 1 is 1.13 bits per heavy atom. The van der Waals surface area contributed by atoms with E-state index in [2.05, 4.69) is 35.0 Å². The molecule has 6 nitrogen and oxygen atoms in total. The molecule has 2 amide bonds. The Hall–Kier alpha value is -2.86. The maximum atomic E-state index is 13.0. The first-order valence-corrected chi connectivity index (χ1v) is 11.1. The predicted octanol–water partition coefficient (Wildman–Crippen LogP) is 2.86. The van der Waals surface area contributed by atoms with Crippen LogP contribution in [0.5, 0.6) is 5.75 Å². The van der Waals surface area contributed by atoms with Gasteiger partial charge in [0.2, 0.25) is 0 Å². The number of fused-ring (bicyclic) bond motifs is 1. The third-order valence-corrected chi connectivity index (χ3v) is 6.63. The first-order valence-electron chi connectivity index (χ1n) is 11.1. The normalized spacial score (nSPS) is 20.6. The number of carbonyl (C=O) groups is 2. The highest BCUT2D eigenvalue weighted by Crippen LogP contribution is 2.45. The minimum atomic E-state index is -0.426. The summed E-state index contributed by atoms with van der Waals surface area (Å²) < 4.78 is 6.02. The van der Waals surface area contributed by atoms with Crippen molar-refractivity contribution < 1.29 is 14.3 Å². The second-order valence-corrected chi connectivity index (χ2v) is 8.70. The molecule has 0 spiro atoms. The number of hydrogen-bond acceptors (Lipinski definition) is 4. The molecule has 0 unspecified atom stereocenters. The van der Waals surface area contributed by atoms with Crippen LogP contribution >= 0.6 is 0 Å². The molecule has 0 saturated carbocycles. The van der Waals surface area contributed by atoms with E-state index in [0.29, 0.717) is 35.9 Å². The van der Waals surface area contributed by atoms with Crippen molar-refractivity contribution in [3.63, 3.8) is 0 Å². The van der Waals surface area contributed by atoms with Gasteiger partial charge in [-0.05, 0) is 62.9 Å². The minimum absolute atomic E-state index is 0.149. The molecule has 1 fully saturated rings. The Balaban J connectivity index is 1.61. The molecule has 2 aromatic carbocycles. The maximum absolute atomic E-state index is 13.0. The lowest BCUT2D eigenvalue weighted by Crippen LogP contribution is -2.31. The quantitative estimate of drug-likeness (QED) is 0.670. The van der Waals surface area contributed by atoms with Gasteiger partial charge in [0.05, 0.1) is 11.0 Å². The summed E-state index contributed by atoms with van der Waals surface area (Å²) in [5.74, 6) is 0.817. The fraction of sp³-hybridized carbons (Fsp3) is 0.440. The molecule has 3 N–H and O–H groups in total. The molecule has 164 valence electrons. The van der Waals surface area contributed by atoms with Crippen LogP contribution in [0.4, 0.5) is 0 Å². The summed E-state index contributed by atoms with van der Waals surface area (Å²) in [5, 5.41) is 9.10. The van der Waals surface area contributed by atoms with Crippen molar-refractivity contribution in [2.45, 2.75) is 31.6 Å². The summed E-state index contributed by atoms with van der Waals surface area (Å²) in [6.07, 6.45) is 3.29. The zero-order valence-electron chi connectivity index (χ0n) is 18.3. The lowest BCUT2D eigenvalue weighted by molar-refractivity contribution is 0.0950. The van der Waals surface area contributed by atoms with Crippen LogP contribution in [-0.4, -0.2) is 45.1 Å². The van der Waals surface area contributed by atoms with Crippen molar-refractivity contribution in [3.05, 3.63) is 64.7 Å². The largest absolute Gasteiger partial charge is 0.491 e. The molecule has 31 heavy (non-hydrogen) atoms. The fourth-order valence-electron chi connectivity index (χ4n) is 4.63. The van der Waals surface area contributed by atoms with E-state index >= 15 is 0 Å². The topological polar surface area (TPSA) is 79.5 Å². The van der Waals surface area contributed by atoms with Gasteiger partial charge in [-0.1, -0.05) is 30.3 Å². The van der Waals surface area contributed by atoms with Crippen LogP contribution in [0.15, 0.2) is 42.5 Å². The highest BCUT2D eigenvalue weighted by molar-refractivity contribution is 6.02. The highest BCUT2D eigenvalue weighted by atomic mass is 16.5. The fourth-order valence-corrected chi connectivity index (χ4v) is 4.63. The summed E-state index contributed by atoms with van der Waals surface area (Å²) in [6.45, 7) is 5.27. The summed E-state index contributed by atoms with van der Waals surface area (Å²) in [5.41, 5.74) is 2.45. The van der Waals surface area contributed by atoms with E-state index in [-0.39, 0.29) is 11.8 Å². The van der Waals surface area contributed by atoms with Gasteiger partial charge in [-0.25, -0.2) is 0 Å². The number of rotatable bonds is 6. The second kappa shape index (κ2) is 9.10. The first-order chi connectivity index (χ1) is 15.0. The number of carbonyl (C=O) groups excluding carboxylic acids is 2. The third-order valence-electron chi connectivity index (χ3n) is 6.63. The van der Waals surface area contributed by atoms with Crippen molar-refractivity contribution in [1.82, 2.24) is 16.0 Å². The van der Waals surface area contributed by atoms with E-state index in [0.717, 1.165) is 43.5 Å². The van der Waals surface area contributed by atoms with Crippen molar-refractivity contribution in [2.75, 3.05) is 33.3 Å².